The molecule has 0 aromatic carbocycles. The van der Waals surface area contributed by atoms with Crippen molar-refractivity contribution < 1.29 is 9.47 Å². The van der Waals surface area contributed by atoms with E-state index < -0.39 is 0 Å². The summed E-state index contributed by atoms with van der Waals surface area (Å²) in [6.45, 7) is 7.37. The van der Waals surface area contributed by atoms with Crippen LogP contribution in [0.3, 0.4) is 0 Å². The largest absolute Gasteiger partial charge is 0.381 e. The summed E-state index contributed by atoms with van der Waals surface area (Å²) in [5.74, 6) is 0.743. The summed E-state index contributed by atoms with van der Waals surface area (Å²) in [5, 5.41) is 3.61. The van der Waals surface area contributed by atoms with Gasteiger partial charge in [-0.1, -0.05) is 12.8 Å². The van der Waals surface area contributed by atoms with Crippen molar-refractivity contribution in [3.8, 4) is 0 Å². The predicted molar refractivity (Wildman–Crippen MR) is 75.4 cm³/mol. The summed E-state index contributed by atoms with van der Waals surface area (Å²) in [4.78, 5) is 2.66. The van der Waals surface area contributed by atoms with Gasteiger partial charge in [0.1, 0.15) is 0 Å². The average Bonchev–Trinajstić information content (AvgIpc) is 2.97. The molecule has 3 aliphatic rings. The highest BCUT2D eigenvalue weighted by Crippen LogP contribution is 2.27. The van der Waals surface area contributed by atoms with E-state index in [1.165, 1.54) is 38.6 Å². The van der Waals surface area contributed by atoms with Gasteiger partial charge in [-0.15, -0.1) is 0 Å². The molecule has 2 saturated heterocycles. The van der Waals surface area contributed by atoms with Gasteiger partial charge in [0, 0.05) is 38.8 Å². The van der Waals surface area contributed by atoms with Gasteiger partial charge in [-0.2, -0.15) is 0 Å². The standard InChI is InChI=1S/C15H28N2O2/c1-2-4-15-14(3-1)17(8-10-19-15)7-6-16-11-13-5-9-18-12-13/h13-16H,1-12H2. The van der Waals surface area contributed by atoms with Crippen molar-refractivity contribution in [3.63, 3.8) is 0 Å². The summed E-state index contributed by atoms with van der Waals surface area (Å²) in [6.07, 6.45) is 7.10. The van der Waals surface area contributed by atoms with Crippen LogP contribution in [-0.4, -0.2) is 63.0 Å². The molecular weight excluding hydrogens is 240 g/mol. The minimum absolute atomic E-state index is 0.519. The fraction of sp³-hybridized carbons (Fsp3) is 1.00. The zero-order valence-corrected chi connectivity index (χ0v) is 12.0. The second-order valence-corrected chi connectivity index (χ2v) is 6.23. The van der Waals surface area contributed by atoms with Crippen molar-refractivity contribution in [2.45, 2.75) is 44.2 Å². The molecule has 110 valence electrons. The lowest BCUT2D eigenvalue weighted by atomic mass is 9.90. The molecule has 0 bridgehead atoms. The van der Waals surface area contributed by atoms with Crippen LogP contribution in [0.15, 0.2) is 0 Å². The van der Waals surface area contributed by atoms with E-state index >= 15 is 0 Å². The third-order valence-electron chi connectivity index (χ3n) is 4.88. The molecule has 1 N–H and O–H groups in total. The number of morpholine rings is 1. The van der Waals surface area contributed by atoms with Crippen LogP contribution in [0, 0.1) is 5.92 Å². The van der Waals surface area contributed by atoms with Gasteiger partial charge < -0.3 is 14.8 Å². The van der Waals surface area contributed by atoms with Gasteiger partial charge in [0.25, 0.3) is 0 Å². The monoisotopic (exact) mass is 268 g/mol. The molecule has 3 atom stereocenters. The third-order valence-corrected chi connectivity index (χ3v) is 4.88. The highest BCUT2D eigenvalue weighted by molar-refractivity contribution is 4.87. The third kappa shape index (κ3) is 3.69. The first-order valence-electron chi connectivity index (χ1n) is 8.07. The minimum atomic E-state index is 0.519. The van der Waals surface area contributed by atoms with Crippen molar-refractivity contribution in [2.24, 2.45) is 5.92 Å². The Morgan fingerprint density at radius 1 is 1.11 bits per heavy atom. The molecule has 3 unspecified atom stereocenters. The molecule has 2 heterocycles. The molecule has 4 heteroatoms. The van der Waals surface area contributed by atoms with Crippen molar-refractivity contribution in [1.29, 1.82) is 0 Å². The van der Waals surface area contributed by atoms with E-state index in [4.69, 9.17) is 9.47 Å². The highest BCUT2D eigenvalue weighted by Gasteiger charge is 2.33. The number of ether oxygens (including phenoxy) is 2. The lowest BCUT2D eigenvalue weighted by Gasteiger charge is -2.43. The summed E-state index contributed by atoms with van der Waals surface area (Å²) < 4.78 is 11.3. The maximum atomic E-state index is 5.92. The van der Waals surface area contributed by atoms with Crippen molar-refractivity contribution in [3.05, 3.63) is 0 Å². The normalized spacial score (nSPS) is 36.3. The fourth-order valence-corrected chi connectivity index (χ4v) is 3.73. The number of hydrogen-bond donors (Lipinski definition) is 1. The molecule has 4 nitrogen and oxygen atoms in total. The first-order chi connectivity index (χ1) is 9.43. The Morgan fingerprint density at radius 3 is 2.95 bits per heavy atom. The van der Waals surface area contributed by atoms with Crippen LogP contribution in [-0.2, 0) is 9.47 Å². The molecule has 0 spiro atoms. The topological polar surface area (TPSA) is 33.7 Å². The maximum absolute atomic E-state index is 5.92. The lowest BCUT2D eigenvalue weighted by Crippen LogP contribution is -2.54. The predicted octanol–water partition coefficient (Wildman–Crippen LogP) is 1.26. The Hall–Kier alpha value is -0.160. The van der Waals surface area contributed by atoms with E-state index in [2.05, 4.69) is 10.2 Å². The van der Waals surface area contributed by atoms with Crippen LogP contribution in [0.25, 0.3) is 0 Å². The van der Waals surface area contributed by atoms with Crippen LogP contribution in [0.1, 0.15) is 32.1 Å². The zero-order valence-electron chi connectivity index (χ0n) is 12.0. The van der Waals surface area contributed by atoms with Gasteiger partial charge in [-0.3, -0.25) is 4.90 Å². The van der Waals surface area contributed by atoms with Crippen molar-refractivity contribution in [1.82, 2.24) is 10.2 Å². The Kier molecular flexibility index (Phi) is 5.10. The summed E-state index contributed by atoms with van der Waals surface area (Å²) in [6, 6.07) is 0.694. The molecule has 2 aliphatic heterocycles. The highest BCUT2D eigenvalue weighted by atomic mass is 16.5. The van der Waals surface area contributed by atoms with E-state index in [9.17, 15) is 0 Å². The van der Waals surface area contributed by atoms with E-state index in [0.717, 1.165) is 45.4 Å². The molecule has 0 aromatic rings. The second kappa shape index (κ2) is 7.02. The van der Waals surface area contributed by atoms with Gasteiger partial charge in [0.2, 0.25) is 0 Å². The fourth-order valence-electron chi connectivity index (χ4n) is 3.73. The lowest BCUT2D eigenvalue weighted by molar-refractivity contribution is -0.0874. The Balaban J connectivity index is 1.36. The summed E-state index contributed by atoms with van der Waals surface area (Å²) in [7, 11) is 0. The van der Waals surface area contributed by atoms with E-state index in [1.807, 2.05) is 0 Å². The van der Waals surface area contributed by atoms with Gasteiger partial charge in [0.15, 0.2) is 0 Å². The quantitative estimate of drug-likeness (QED) is 0.761. The molecule has 3 rings (SSSR count). The first-order valence-corrected chi connectivity index (χ1v) is 8.07. The number of fused-ring (bicyclic) bond motifs is 1. The Morgan fingerprint density at radius 2 is 2.05 bits per heavy atom. The van der Waals surface area contributed by atoms with Crippen molar-refractivity contribution >= 4 is 0 Å². The number of nitrogens with one attached hydrogen (secondary N) is 1. The number of hydrogen-bond acceptors (Lipinski definition) is 4. The van der Waals surface area contributed by atoms with Gasteiger partial charge >= 0.3 is 0 Å². The summed E-state index contributed by atoms with van der Waals surface area (Å²) in [5.41, 5.74) is 0. The maximum Gasteiger partial charge on any atom is 0.0730 e. The van der Waals surface area contributed by atoms with Gasteiger partial charge in [-0.05, 0) is 25.2 Å². The molecule has 3 fully saturated rings. The molecule has 0 amide bonds. The molecule has 0 aromatic heterocycles. The van der Waals surface area contributed by atoms with Crippen molar-refractivity contribution in [2.75, 3.05) is 46.0 Å². The van der Waals surface area contributed by atoms with E-state index in [0.29, 0.717) is 12.1 Å². The van der Waals surface area contributed by atoms with Crippen LogP contribution in [0.5, 0.6) is 0 Å². The molecule has 0 radical (unpaired) electrons. The van der Waals surface area contributed by atoms with Crippen LogP contribution in [0.4, 0.5) is 0 Å². The van der Waals surface area contributed by atoms with Crippen LogP contribution >= 0.6 is 0 Å². The molecule has 1 saturated carbocycles. The second-order valence-electron chi connectivity index (χ2n) is 6.23. The Bertz CT molecular complexity index is 267. The number of nitrogens with zero attached hydrogens (tertiary/aromatic N) is 1. The zero-order chi connectivity index (χ0) is 12.9. The molecule has 19 heavy (non-hydrogen) atoms. The smallest absolute Gasteiger partial charge is 0.0730 e. The number of rotatable bonds is 5. The van der Waals surface area contributed by atoms with Gasteiger partial charge in [-0.25, -0.2) is 0 Å². The first kappa shape index (κ1) is 13.8. The molecule has 1 aliphatic carbocycles. The van der Waals surface area contributed by atoms with E-state index in [-0.39, 0.29) is 0 Å². The van der Waals surface area contributed by atoms with Crippen LogP contribution in [0.2, 0.25) is 0 Å². The van der Waals surface area contributed by atoms with Gasteiger partial charge in [0.05, 0.1) is 19.3 Å². The minimum Gasteiger partial charge on any atom is -0.381 e. The molecular formula is C15H28N2O2. The SMILES string of the molecule is C1CCC2C(C1)OCCN2CCNCC1CCOC1. The average molecular weight is 268 g/mol. The van der Waals surface area contributed by atoms with Crippen LogP contribution < -0.4 is 5.32 Å². The Labute approximate surface area is 116 Å². The van der Waals surface area contributed by atoms with E-state index in [1.54, 1.807) is 0 Å². The summed E-state index contributed by atoms with van der Waals surface area (Å²) >= 11 is 0.